The third kappa shape index (κ3) is 3.07. The Balaban J connectivity index is 2.44. The van der Waals surface area contributed by atoms with Gasteiger partial charge in [0.15, 0.2) is 5.78 Å². The molecule has 0 spiro atoms. The quantitative estimate of drug-likeness (QED) is 0.480. The zero-order valence-corrected chi connectivity index (χ0v) is 10.8. The average molecular weight is 254 g/mol. The molecule has 0 N–H and O–H groups in total. The fourth-order valence-corrected chi connectivity index (χ4v) is 1.80. The molecule has 2 aromatic rings. The Labute approximate surface area is 111 Å². The minimum atomic E-state index is -0.437. The van der Waals surface area contributed by atoms with Gasteiger partial charge in [0.25, 0.3) is 0 Å². The molecule has 0 saturated carbocycles. The van der Waals surface area contributed by atoms with Gasteiger partial charge in [0.1, 0.15) is 5.75 Å². The summed E-state index contributed by atoms with van der Waals surface area (Å²) in [5.74, 6) is -0.286. The molecule has 0 fully saturated rings. The van der Waals surface area contributed by atoms with E-state index in [0.717, 1.165) is 5.56 Å². The number of hydrogen-bond donors (Lipinski definition) is 0. The minimum Gasteiger partial charge on any atom is -0.426 e. The highest BCUT2D eigenvalue weighted by molar-refractivity contribution is 6.11. The zero-order valence-electron chi connectivity index (χ0n) is 10.8. The predicted octanol–water partition coefficient (Wildman–Crippen LogP) is 3.15. The Morgan fingerprint density at radius 2 is 1.68 bits per heavy atom. The van der Waals surface area contributed by atoms with Crippen molar-refractivity contribution in [2.45, 2.75) is 13.8 Å². The van der Waals surface area contributed by atoms with Crippen LogP contribution in [0.15, 0.2) is 48.5 Å². The summed E-state index contributed by atoms with van der Waals surface area (Å²) >= 11 is 0. The van der Waals surface area contributed by atoms with Crippen molar-refractivity contribution in [3.05, 3.63) is 65.2 Å². The van der Waals surface area contributed by atoms with E-state index in [1.807, 2.05) is 19.1 Å². The zero-order chi connectivity index (χ0) is 13.8. The van der Waals surface area contributed by atoms with Gasteiger partial charge in [-0.3, -0.25) is 9.59 Å². The van der Waals surface area contributed by atoms with Crippen LogP contribution in [0.3, 0.4) is 0 Å². The molecule has 96 valence electrons. The van der Waals surface area contributed by atoms with Crippen LogP contribution in [-0.4, -0.2) is 11.8 Å². The number of hydrogen-bond acceptors (Lipinski definition) is 3. The SMILES string of the molecule is CC(=O)Oc1cc(C)ccc1C(=O)c1ccccc1. The number of esters is 1. The van der Waals surface area contributed by atoms with Crippen molar-refractivity contribution in [1.29, 1.82) is 0 Å². The van der Waals surface area contributed by atoms with Crippen LogP contribution in [-0.2, 0) is 4.79 Å². The number of ether oxygens (including phenoxy) is 1. The summed E-state index contributed by atoms with van der Waals surface area (Å²) in [7, 11) is 0. The van der Waals surface area contributed by atoms with Crippen molar-refractivity contribution >= 4 is 11.8 Å². The summed E-state index contributed by atoms with van der Waals surface area (Å²) in [6.45, 7) is 3.20. The fraction of sp³-hybridized carbons (Fsp3) is 0.125. The summed E-state index contributed by atoms with van der Waals surface area (Å²) in [5.41, 5.74) is 1.90. The topological polar surface area (TPSA) is 43.4 Å². The first-order chi connectivity index (χ1) is 9.08. The van der Waals surface area contributed by atoms with Gasteiger partial charge in [-0.1, -0.05) is 36.4 Å². The summed E-state index contributed by atoms with van der Waals surface area (Å²) in [6.07, 6.45) is 0. The lowest BCUT2D eigenvalue weighted by molar-refractivity contribution is -0.131. The molecule has 0 radical (unpaired) electrons. The van der Waals surface area contributed by atoms with Gasteiger partial charge in [-0.15, -0.1) is 0 Å². The normalized spacial score (nSPS) is 10.0. The first-order valence-corrected chi connectivity index (χ1v) is 5.97. The summed E-state index contributed by atoms with van der Waals surface area (Å²) in [6, 6.07) is 14.1. The van der Waals surface area contributed by atoms with Crippen LogP contribution in [0.1, 0.15) is 28.4 Å². The Bertz CT molecular complexity index is 615. The molecule has 0 bridgehead atoms. The third-order valence-electron chi connectivity index (χ3n) is 2.67. The second kappa shape index (κ2) is 5.48. The molecular weight excluding hydrogens is 240 g/mol. The number of carbonyl (C=O) groups is 2. The first-order valence-electron chi connectivity index (χ1n) is 5.97. The van der Waals surface area contributed by atoms with Gasteiger partial charge < -0.3 is 4.74 Å². The van der Waals surface area contributed by atoms with E-state index in [-0.39, 0.29) is 5.78 Å². The summed E-state index contributed by atoms with van der Waals surface area (Å²) < 4.78 is 5.11. The van der Waals surface area contributed by atoms with Gasteiger partial charge >= 0.3 is 5.97 Å². The van der Waals surface area contributed by atoms with Crippen molar-refractivity contribution in [2.24, 2.45) is 0 Å². The van der Waals surface area contributed by atoms with Crippen LogP contribution in [0.25, 0.3) is 0 Å². The molecule has 19 heavy (non-hydrogen) atoms. The molecule has 0 saturated heterocycles. The van der Waals surface area contributed by atoms with Gasteiger partial charge in [-0.2, -0.15) is 0 Å². The Morgan fingerprint density at radius 1 is 1.00 bits per heavy atom. The highest BCUT2D eigenvalue weighted by atomic mass is 16.5. The van der Waals surface area contributed by atoms with E-state index in [4.69, 9.17) is 4.74 Å². The van der Waals surface area contributed by atoms with E-state index < -0.39 is 5.97 Å². The van der Waals surface area contributed by atoms with Crippen LogP contribution in [0.2, 0.25) is 0 Å². The highest BCUT2D eigenvalue weighted by Crippen LogP contribution is 2.23. The van der Waals surface area contributed by atoms with E-state index in [1.54, 1.807) is 36.4 Å². The van der Waals surface area contributed by atoms with E-state index in [0.29, 0.717) is 16.9 Å². The van der Waals surface area contributed by atoms with Crippen molar-refractivity contribution < 1.29 is 14.3 Å². The first kappa shape index (κ1) is 13.0. The predicted molar refractivity (Wildman–Crippen MR) is 72.4 cm³/mol. The standard InChI is InChI=1S/C16H14O3/c1-11-8-9-14(15(10-11)19-12(2)17)16(18)13-6-4-3-5-7-13/h3-10H,1-2H3. The molecule has 2 rings (SSSR count). The molecular formula is C16H14O3. The maximum atomic E-state index is 12.4. The largest absolute Gasteiger partial charge is 0.426 e. The maximum Gasteiger partial charge on any atom is 0.308 e. The molecule has 0 heterocycles. The third-order valence-corrected chi connectivity index (χ3v) is 2.67. The number of carbonyl (C=O) groups excluding carboxylic acids is 2. The molecule has 3 heteroatoms. The van der Waals surface area contributed by atoms with Crippen molar-refractivity contribution in [2.75, 3.05) is 0 Å². The maximum absolute atomic E-state index is 12.4. The van der Waals surface area contributed by atoms with Crippen molar-refractivity contribution in [1.82, 2.24) is 0 Å². The van der Waals surface area contributed by atoms with E-state index in [2.05, 4.69) is 0 Å². The van der Waals surface area contributed by atoms with Crippen LogP contribution in [0.5, 0.6) is 5.75 Å². The van der Waals surface area contributed by atoms with Crippen LogP contribution >= 0.6 is 0 Å². The minimum absolute atomic E-state index is 0.156. The highest BCUT2D eigenvalue weighted by Gasteiger charge is 2.15. The lowest BCUT2D eigenvalue weighted by atomic mass is 10.0. The van der Waals surface area contributed by atoms with Crippen molar-refractivity contribution in [3.63, 3.8) is 0 Å². The lowest BCUT2D eigenvalue weighted by Gasteiger charge is -2.09. The van der Waals surface area contributed by atoms with Gasteiger partial charge in [-0.05, 0) is 24.6 Å². The van der Waals surface area contributed by atoms with Crippen LogP contribution in [0, 0.1) is 6.92 Å². The van der Waals surface area contributed by atoms with Gasteiger partial charge in [0, 0.05) is 12.5 Å². The van der Waals surface area contributed by atoms with Crippen molar-refractivity contribution in [3.8, 4) is 5.75 Å². The van der Waals surface area contributed by atoms with E-state index in [9.17, 15) is 9.59 Å². The molecule has 3 nitrogen and oxygen atoms in total. The summed E-state index contributed by atoms with van der Waals surface area (Å²) in [5, 5.41) is 0. The monoisotopic (exact) mass is 254 g/mol. The van der Waals surface area contributed by atoms with E-state index in [1.165, 1.54) is 6.92 Å². The van der Waals surface area contributed by atoms with Crippen LogP contribution in [0.4, 0.5) is 0 Å². The average Bonchev–Trinajstić information content (AvgIpc) is 2.38. The van der Waals surface area contributed by atoms with Gasteiger partial charge in [0.05, 0.1) is 5.56 Å². The van der Waals surface area contributed by atoms with Gasteiger partial charge in [0.2, 0.25) is 0 Å². The molecule has 0 aromatic heterocycles. The molecule has 0 aliphatic heterocycles. The Kier molecular flexibility index (Phi) is 3.76. The smallest absolute Gasteiger partial charge is 0.308 e. The molecule has 0 atom stereocenters. The Hall–Kier alpha value is -2.42. The number of ketones is 1. The number of rotatable bonds is 3. The van der Waals surface area contributed by atoms with E-state index >= 15 is 0 Å². The lowest BCUT2D eigenvalue weighted by Crippen LogP contribution is -2.08. The number of benzene rings is 2. The molecule has 0 amide bonds. The molecule has 0 aliphatic rings. The second-order valence-corrected chi connectivity index (χ2v) is 4.29. The second-order valence-electron chi connectivity index (χ2n) is 4.29. The fourth-order valence-electron chi connectivity index (χ4n) is 1.80. The molecule has 0 aliphatic carbocycles. The molecule has 2 aromatic carbocycles. The number of aryl methyl sites for hydroxylation is 1. The van der Waals surface area contributed by atoms with Crippen LogP contribution < -0.4 is 4.74 Å². The molecule has 0 unspecified atom stereocenters. The summed E-state index contributed by atoms with van der Waals surface area (Å²) in [4.78, 5) is 23.5. The Morgan fingerprint density at radius 3 is 2.32 bits per heavy atom. The van der Waals surface area contributed by atoms with Gasteiger partial charge in [-0.25, -0.2) is 0 Å².